The van der Waals surface area contributed by atoms with E-state index < -0.39 is 0 Å². The number of carbonyl (C=O) groups is 1. The summed E-state index contributed by atoms with van der Waals surface area (Å²) in [6.07, 6.45) is 1.40. The second-order valence-corrected chi connectivity index (χ2v) is 9.69. The molecule has 2 N–H and O–H groups in total. The van der Waals surface area contributed by atoms with E-state index >= 15 is 0 Å². The van der Waals surface area contributed by atoms with Crippen LogP contribution in [-0.2, 0) is 4.79 Å². The van der Waals surface area contributed by atoms with Crippen molar-refractivity contribution in [3.8, 4) is 22.8 Å². The zero-order valence-corrected chi connectivity index (χ0v) is 21.4. The number of thioether (sulfide) groups is 1. The van der Waals surface area contributed by atoms with Crippen LogP contribution in [0.2, 0.25) is 5.02 Å². The number of halogens is 1. The lowest BCUT2D eigenvalue weighted by atomic mass is 10.0. The lowest BCUT2D eigenvalue weighted by Gasteiger charge is -2.12. The molecule has 37 heavy (non-hydrogen) atoms. The number of aromatic nitrogens is 3. The van der Waals surface area contributed by atoms with Crippen LogP contribution in [0.5, 0.6) is 5.75 Å². The van der Waals surface area contributed by atoms with Crippen LogP contribution in [0.15, 0.2) is 95.2 Å². The number of rotatable bonds is 7. The molecule has 1 heterocycles. The Bertz CT molecular complexity index is 1600. The van der Waals surface area contributed by atoms with Gasteiger partial charge in [0.25, 0.3) is 11.7 Å². The molecule has 5 rings (SSSR count). The Kier molecular flexibility index (Phi) is 7.20. The second-order valence-electron chi connectivity index (χ2n) is 8.31. The highest BCUT2D eigenvalue weighted by atomic mass is 35.5. The molecule has 0 atom stereocenters. The molecule has 4 aromatic carbocycles. The summed E-state index contributed by atoms with van der Waals surface area (Å²) >= 11 is 7.34. The molecule has 0 aliphatic carbocycles. The van der Waals surface area contributed by atoms with Crippen LogP contribution in [0, 0.1) is 6.92 Å². The number of benzene rings is 4. The highest BCUT2D eigenvalue weighted by molar-refractivity contribution is 7.99. The molecule has 0 bridgehead atoms. The Labute approximate surface area is 222 Å². The number of amides is 1. The molecule has 1 amide bonds. The fraction of sp³-hybridized carbons (Fsp3) is 0.0714. The summed E-state index contributed by atoms with van der Waals surface area (Å²) in [5.74, 6) is 0.366. The number of aryl methyl sites for hydroxylation is 1. The molecular weight excluding hydrogens is 506 g/mol. The molecule has 5 aromatic rings. The summed E-state index contributed by atoms with van der Waals surface area (Å²) in [7, 11) is 0. The quantitative estimate of drug-likeness (QED) is 0.138. The Hall–Kier alpha value is -4.14. The molecule has 7 nitrogen and oxygen atoms in total. The third-order valence-electron chi connectivity index (χ3n) is 5.73. The van der Waals surface area contributed by atoms with E-state index in [1.54, 1.807) is 6.07 Å². The van der Waals surface area contributed by atoms with Gasteiger partial charge in [-0.1, -0.05) is 71.4 Å². The molecule has 0 unspecified atom stereocenters. The summed E-state index contributed by atoms with van der Waals surface area (Å²) in [6, 6.07) is 26.3. The van der Waals surface area contributed by atoms with Crippen LogP contribution in [0.3, 0.4) is 0 Å². The third kappa shape index (κ3) is 5.50. The van der Waals surface area contributed by atoms with Crippen molar-refractivity contribution < 1.29 is 14.5 Å². The number of fused-ring (bicyclic) bond motifs is 1. The first-order valence-electron chi connectivity index (χ1n) is 11.5. The monoisotopic (exact) mass is 527 g/mol. The summed E-state index contributed by atoms with van der Waals surface area (Å²) < 4.78 is 1.96. The average molecular weight is 528 g/mol. The first-order valence-corrected chi connectivity index (χ1v) is 12.8. The largest absolute Gasteiger partial charge is 0.872 e. The Morgan fingerprint density at radius 2 is 1.84 bits per heavy atom. The SMILES string of the molecule is Cc1ccc(-[n+]2c(SCC(=O)N/N=C/c3c([O-])ccc4ccccc34)n[nH]c2-c2ccc(Cl)cc2)cc1. The van der Waals surface area contributed by atoms with Gasteiger partial charge in [0, 0.05) is 5.02 Å². The molecular formula is C28H22ClN5O2S. The fourth-order valence-corrected chi connectivity index (χ4v) is 4.75. The molecule has 0 saturated carbocycles. The van der Waals surface area contributed by atoms with Crippen molar-refractivity contribution in [1.82, 2.24) is 15.6 Å². The van der Waals surface area contributed by atoms with E-state index in [9.17, 15) is 9.90 Å². The fourth-order valence-electron chi connectivity index (χ4n) is 3.87. The number of H-pyrrole nitrogens is 1. The zero-order valence-electron chi connectivity index (χ0n) is 19.8. The van der Waals surface area contributed by atoms with Crippen LogP contribution >= 0.6 is 23.4 Å². The van der Waals surface area contributed by atoms with E-state index in [4.69, 9.17) is 11.6 Å². The summed E-state index contributed by atoms with van der Waals surface area (Å²) in [6.45, 7) is 2.03. The van der Waals surface area contributed by atoms with Crippen LogP contribution < -0.4 is 15.1 Å². The van der Waals surface area contributed by atoms with Crippen molar-refractivity contribution in [2.75, 3.05) is 5.75 Å². The molecule has 0 aliphatic heterocycles. The van der Waals surface area contributed by atoms with Gasteiger partial charge in [-0.25, -0.2) is 5.43 Å². The topological polar surface area (TPSA) is 97.1 Å². The van der Waals surface area contributed by atoms with Crippen molar-refractivity contribution in [2.24, 2.45) is 5.10 Å². The van der Waals surface area contributed by atoms with Crippen molar-refractivity contribution in [1.29, 1.82) is 0 Å². The lowest BCUT2D eigenvalue weighted by Crippen LogP contribution is -2.34. The third-order valence-corrected chi connectivity index (χ3v) is 6.92. The number of hydrazone groups is 1. The minimum Gasteiger partial charge on any atom is -0.872 e. The predicted molar refractivity (Wildman–Crippen MR) is 145 cm³/mol. The summed E-state index contributed by atoms with van der Waals surface area (Å²) in [5.41, 5.74) is 5.90. The highest BCUT2D eigenvalue weighted by Gasteiger charge is 2.24. The van der Waals surface area contributed by atoms with Gasteiger partial charge in [-0.15, -0.1) is 5.10 Å². The van der Waals surface area contributed by atoms with Crippen molar-refractivity contribution in [3.05, 3.63) is 101 Å². The maximum atomic E-state index is 12.6. The van der Waals surface area contributed by atoms with Crippen LogP contribution in [0.1, 0.15) is 11.1 Å². The van der Waals surface area contributed by atoms with Gasteiger partial charge in [-0.05, 0) is 71.4 Å². The second kappa shape index (κ2) is 10.9. The average Bonchev–Trinajstić information content (AvgIpc) is 3.33. The molecule has 184 valence electrons. The first kappa shape index (κ1) is 24.5. The van der Waals surface area contributed by atoms with Crippen molar-refractivity contribution >= 4 is 46.3 Å². The van der Waals surface area contributed by atoms with Crippen molar-refractivity contribution in [3.63, 3.8) is 0 Å². The zero-order chi connectivity index (χ0) is 25.8. The van der Waals surface area contributed by atoms with Crippen molar-refractivity contribution in [2.45, 2.75) is 12.1 Å². The van der Waals surface area contributed by atoms with Gasteiger partial charge in [-0.2, -0.15) is 9.67 Å². The smallest absolute Gasteiger partial charge is 0.342 e. The number of aromatic amines is 1. The number of carbonyl (C=O) groups excluding carboxylic acids is 1. The van der Waals surface area contributed by atoms with Gasteiger partial charge in [0.2, 0.25) is 0 Å². The molecule has 0 aliphatic rings. The van der Waals surface area contributed by atoms with Gasteiger partial charge < -0.3 is 5.11 Å². The number of hydrogen-bond donors (Lipinski definition) is 2. The summed E-state index contributed by atoms with van der Waals surface area (Å²) in [4.78, 5) is 12.6. The van der Waals surface area contributed by atoms with E-state index in [0.29, 0.717) is 15.7 Å². The van der Waals surface area contributed by atoms with Crippen LogP contribution in [0.4, 0.5) is 0 Å². The Morgan fingerprint density at radius 3 is 2.62 bits per heavy atom. The Balaban J connectivity index is 1.34. The van der Waals surface area contributed by atoms with Gasteiger partial charge in [0.05, 0.1) is 22.6 Å². The minimum atomic E-state index is -0.319. The van der Waals surface area contributed by atoms with E-state index in [-0.39, 0.29) is 17.4 Å². The molecule has 1 aromatic heterocycles. The molecule has 0 fully saturated rings. The van der Waals surface area contributed by atoms with E-state index in [1.807, 2.05) is 84.3 Å². The molecule has 9 heteroatoms. The first-order chi connectivity index (χ1) is 18.0. The van der Waals surface area contributed by atoms with Gasteiger partial charge in [0.15, 0.2) is 0 Å². The van der Waals surface area contributed by atoms with Crippen LogP contribution in [0.25, 0.3) is 27.8 Å². The molecule has 0 spiro atoms. The van der Waals surface area contributed by atoms with E-state index in [2.05, 4.69) is 20.7 Å². The van der Waals surface area contributed by atoms with Gasteiger partial charge >= 0.3 is 5.16 Å². The number of nitrogens with zero attached hydrogens (tertiary/aromatic N) is 3. The standard InChI is InChI=1S/C28H22ClN5O2S/c1-18-6-13-22(14-7-18)34-27(20-8-11-21(29)12-9-20)32-33-28(34)37-17-26(36)31-30-16-24-23-5-3-2-4-19(23)10-15-25(24)35/h2-16H,17H2,1H3,(H2,30,31,35,36). The van der Waals surface area contributed by atoms with E-state index in [1.165, 1.54) is 24.0 Å². The van der Waals surface area contributed by atoms with Crippen LogP contribution in [-0.4, -0.2) is 28.1 Å². The maximum absolute atomic E-state index is 12.6. The molecule has 0 saturated heterocycles. The number of hydrogen-bond acceptors (Lipinski definition) is 5. The van der Waals surface area contributed by atoms with Gasteiger partial charge in [-0.3, -0.25) is 4.79 Å². The lowest BCUT2D eigenvalue weighted by molar-refractivity contribution is -0.625. The van der Waals surface area contributed by atoms with E-state index in [0.717, 1.165) is 33.4 Å². The van der Waals surface area contributed by atoms with Gasteiger partial charge in [0.1, 0.15) is 5.69 Å². The predicted octanol–water partition coefficient (Wildman–Crippen LogP) is 4.78. The summed E-state index contributed by atoms with van der Waals surface area (Å²) in [5, 5.41) is 26.9. The Morgan fingerprint density at radius 1 is 1.08 bits per heavy atom. The molecule has 0 radical (unpaired) electrons. The highest BCUT2D eigenvalue weighted by Crippen LogP contribution is 2.24. The normalized spacial score (nSPS) is 11.3. The maximum Gasteiger partial charge on any atom is 0.342 e. The minimum absolute atomic E-state index is 0.0773. The number of nitrogens with one attached hydrogen (secondary N) is 2.